The second kappa shape index (κ2) is 6.83. The average molecular weight is 325 g/mol. The van der Waals surface area contributed by atoms with Crippen molar-refractivity contribution in [2.75, 3.05) is 0 Å². The predicted molar refractivity (Wildman–Crippen MR) is 83.4 cm³/mol. The van der Waals surface area contributed by atoms with Gasteiger partial charge in [0.25, 0.3) is 0 Å². The van der Waals surface area contributed by atoms with Gasteiger partial charge in [0.05, 0.1) is 0 Å². The van der Waals surface area contributed by atoms with E-state index in [2.05, 4.69) is 0 Å². The molecule has 2 rings (SSSR count). The van der Waals surface area contributed by atoms with Crippen LogP contribution in [0.25, 0.3) is 0 Å². The maximum absolute atomic E-state index is 11.4. The molecule has 0 aliphatic rings. The van der Waals surface area contributed by atoms with Crippen LogP contribution in [0, 0.1) is 6.92 Å². The van der Waals surface area contributed by atoms with Gasteiger partial charge >= 0.3 is 5.97 Å². The molecule has 0 aliphatic carbocycles. The SMILES string of the molecule is Cc1c(Cl)cccc1CC(Oc1cccc(Cl)c1)C(=O)O. The maximum atomic E-state index is 11.4. The zero-order chi connectivity index (χ0) is 15.4. The Morgan fingerprint density at radius 3 is 2.62 bits per heavy atom. The van der Waals surface area contributed by atoms with E-state index < -0.39 is 12.1 Å². The van der Waals surface area contributed by atoms with Crippen LogP contribution in [-0.4, -0.2) is 17.2 Å². The van der Waals surface area contributed by atoms with Gasteiger partial charge in [0, 0.05) is 16.5 Å². The van der Waals surface area contributed by atoms with Crippen LogP contribution in [0.1, 0.15) is 11.1 Å². The minimum Gasteiger partial charge on any atom is -0.478 e. The number of halogens is 2. The molecule has 110 valence electrons. The van der Waals surface area contributed by atoms with Gasteiger partial charge in [-0.2, -0.15) is 0 Å². The fourth-order valence-corrected chi connectivity index (χ4v) is 2.33. The molecule has 5 heteroatoms. The summed E-state index contributed by atoms with van der Waals surface area (Å²) in [4.78, 5) is 11.4. The molecular formula is C16H14Cl2O3. The van der Waals surface area contributed by atoms with Crippen molar-refractivity contribution < 1.29 is 14.6 Å². The molecular weight excluding hydrogens is 311 g/mol. The molecule has 0 fully saturated rings. The summed E-state index contributed by atoms with van der Waals surface area (Å²) in [5.41, 5.74) is 1.71. The van der Waals surface area contributed by atoms with Crippen molar-refractivity contribution in [2.24, 2.45) is 0 Å². The van der Waals surface area contributed by atoms with Crippen molar-refractivity contribution in [3.05, 3.63) is 63.6 Å². The van der Waals surface area contributed by atoms with Gasteiger partial charge < -0.3 is 9.84 Å². The third kappa shape index (κ3) is 4.13. The lowest BCUT2D eigenvalue weighted by Crippen LogP contribution is -2.29. The number of rotatable bonds is 5. The number of benzene rings is 2. The minimum atomic E-state index is -1.03. The van der Waals surface area contributed by atoms with Gasteiger partial charge in [-0.15, -0.1) is 0 Å². The fraction of sp³-hybridized carbons (Fsp3) is 0.188. The van der Waals surface area contributed by atoms with Crippen LogP contribution in [0.2, 0.25) is 10.0 Å². The number of carboxylic acids is 1. The first-order valence-corrected chi connectivity index (χ1v) is 7.12. The van der Waals surface area contributed by atoms with E-state index in [4.69, 9.17) is 27.9 Å². The average Bonchev–Trinajstić information content (AvgIpc) is 2.43. The highest BCUT2D eigenvalue weighted by atomic mass is 35.5. The number of aliphatic carboxylic acids is 1. The molecule has 0 saturated heterocycles. The zero-order valence-electron chi connectivity index (χ0n) is 11.3. The molecule has 0 aromatic heterocycles. The normalized spacial score (nSPS) is 12.0. The second-order valence-corrected chi connectivity index (χ2v) is 5.47. The van der Waals surface area contributed by atoms with E-state index in [1.165, 1.54) is 0 Å². The number of carbonyl (C=O) groups is 1. The maximum Gasteiger partial charge on any atom is 0.345 e. The Morgan fingerprint density at radius 1 is 1.24 bits per heavy atom. The summed E-state index contributed by atoms with van der Waals surface area (Å²) in [5, 5.41) is 10.4. The predicted octanol–water partition coefficient (Wildman–Crippen LogP) is 4.38. The molecule has 0 radical (unpaired) electrons. The molecule has 2 aromatic rings. The monoisotopic (exact) mass is 324 g/mol. The molecule has 0 heterocycles. The first-order chi connectivity index (χ1) is 9.97. The topological polar surface area (TPSA) is 46.5 Å². The van der Waals surface area contributed by atoms with Crippen molar-refractivity contribution in [3.63, 3.8) is 0 Å². The molecule has 21 heavy (non-hydrogen) atoms. The summed E-state index contributed by atoms with van der Waals surface area (Å²) in [7, 11) is 0. The third-order valence-corrected chi connectivity index (χ3v) is 3.78. The van der Waals surface area contributed by atoms with Gasteiger partial charge in [0.1, 0.15) is 5.75 Å². The fourth-order valence-electron chi connectivity index (χ4n) is 1.96. The molecule has 0 spiro atoms. The Balaban J connectivity index is 2.20. The number of carboxylic acid groups (broad SMARTS) is 1. The van der Waals surface area contributed by atoms with E-state index in [1.807, 2.05) is 13.0 Å². The van der Waals surface area contributed by atoms with Gasteiger partial charge in [0.15, 0.2) is 6.10 Å². The highest BCUT2D eigenvalue weighted by molar-refractivity contribution is 6.31. The van der Waals surface area contributed by atoms with Crippen LogP contribution in [0.15, 0.2) is 42.5 Å². The van der Waals surface area contributed by atoms with Gasteiger partial charge in [-0.25, -0.2) is 4.79 Å². The Morgan fingerprint density at radius 2 is 1.95 bits per heavy atom. The van der Waals surface area contributed by atoms with E-state index in [0.717, 1.165) is 11.1 Å². The third-order valence-electron chi connectivity index (χ3n) is 3.14. The van der Waals surface area contributed by atoms with Crippen LogP contribution >= 0.6 is 23.2 Å². The van der Waals surface area contributed by atoms with E-state index in [9.17, 15) is 9.90 Å². The Labute approximate surface area is 133 Å². The molecule has 2 aromatic carbocycles. The standard InChI is InChI=1S/C16H14Cl2O3/c1-10-11(4-2-7-14(10)18)8-15(16(19)20)21-13-6-3-5-12(17)9-13/h2-7,9,15H,8H2,1H3,(H,19,20). The second-order valence-electron chi connectivity index (χ2n) is 4.63. The highest BCUT2D eigenvalue weighted by Gasteiger charge is 2.21. The summed E-state index contributed by atoms with van der Waals surface area (Å²) in [6.07, 6.45) is -0.769. The summed E-state index contributed by atoms with van der Waals surface area (Å²) in [5.74, 6) is -0.607. The Kier molecular flexibility index (Phi) is 5.10. The summed E-state index contributed by atoms with van der Waals surface area (Å²) >= 11 is 11.9. The van der Waals surface area contributed by atoms with E-state index in [0.29, 0.717) is 15.8 Å². The Bertz CT molecular complexity index is 656. The van der Waals surface area contributed by atoms with Crippen LogP contribution < -0.4 is 4.74 Å². The number of ether oxygens (including phenoxy) is 1. The first kappa shape index (κ1) is 15.7. The van der Waals surface area contributed by atoms with Crippen LogP contribution in [0.5, 0.6) is 5.75 Å². The van der Waals surface area contributed by atoms with Gasteiger partial charge in [-0.1, -0.05) is 41.4 Å². The van der Waals surface area contributed by atoms with E-state index >= 15 is 0 Å². The zero-order valence-corrected chi connectivity index (χ0v) is 12.9. The number of hydrogen-bond acceptors (Lipinski definition) is 2. The van der Waals surface area contributed by atoms with Crippen LogP contribution in [0.4, 0.5) is 0 Å². The highest BCUT2D eigenvalue weighted by Crippen LogP contribution is 2.23. The van der Waals surface area contributed by atoms with Crippen molar-refractivity contribution in [1.29, 1.82) is 0 Å². The largest absolute Gasteiger partial charge is 0.478 e. The van der Waals surface area contributed by atoms with Crippen molar-refractivity contribution in [1.82, 2.24) is 0 Å². The molecule has 3 nitrogen and oxygen atoms in total. The summed E-state index contributed by atoms with van der Waals surface area (Å²) in [6.45, 7) is 1.86. The first-order valence-electron chi connectivity index (χ1n) is 6.36. The quantitative estimate of drug-likeness (QED) is 0.887. The Hall–Kier alpha value is -1.71. The lowest BCUT2D eigenvalue weighted by Gasteiger charge is -2.17. The van der Waals surface area contributed by atoms with E-state index in [1.54, 1.807) is 36.4 Å². The summed E-state index contributed by atoms with van der Waals surface area (Å²) in [6, 6.07) is 12.1. The summed E-state index contributed by atoms with van der Waals surface area (Å²) < 4.78 is 5.53. The molecule has 1 unspecified atom stereocenters. The minimum absolute atomic E-state index is 0.230. The molecule has 0 amide bonds. The van der Waals surface area contributed by atoms with Crippen molar-refractivity contribution in [2.45, 2.75) is 19.4 Å². The molecule has 1 atom stereocenters. The van der Waals surface area contributed by atoms with Gasteiger partial charge in [-0.05, 0) is 42.3 Å². The smallest absolute Gasteiger partial charge is 0.345 e. The molecule has 0 bridgehead atoms. The van der Waals surface area contributed by atoms with Gasteiger partial charge in [-0.3, -0.25) is 0 Å². The molecule has 1 N–H and O–H groups in total. The van der Waals surface area contributed by atoms with E-state index in [-0.39, 0.29) is 6.42 Å². The molecule has 0 saturated carbocycles. The van der Waals surface area contributed by atoms with Gasteiger partial charge in [0.2, 0.25) is 0 Å². The lowest BCUT2D eigenvalue weighted by molar-refractivity contribution is -0.145. The lowest BCUT2D eigenvalue weighted by atomic mass is 10.0. The van der Waals surface area contributed by atoms with Crippen molar-refractivity contribution in [3.8, 4) is 5.75 Å². The van der Waals surface area contributed by atoms with Crippen LogP contribution in [0.3, 0.4) is 0 Å². The van der Waals surface area contributed by atoms with Crippen molar-refractivity contribution >= 4 is 29.2 Å². The van der Waals surface area contributed by atoms with Crippen LogP contribution in [-0.2, 0) is 11.2 Å². The number of hydrogen-bond donors (Lipinski definition) is 1. The molecule has 0 aliphatic heterocycles.